The largest absolute Gasteiger partial charge is 0.258 e. The van der Waals surface area contributed by atoms with Crippen LogP contribution < -0.4 is 10.4 Å². The van der Waals surface area contributed by atoms with Crippen molar-refractivity contribution in [3.05, 3.63) is 111 Å². The molecule has 0 heterocycles. The third kappa shape index (κ3) is 4.58. The van der Waals surface area contributed by atoms with Crippen LogP contribution in [0.15, 0.2) is 72.8 Å². The maximum absolute atomic E-state index is 9.17. The highest BCUT2D eigenvalue weighted by Gasteiger charge is 2.19. The van der Waals surface area contributed by atoms with Gasteiger partial charge in [-0.25, -0.2) is 0 Å². The fraction of sp³-hybridized carbons (Fsp3) is 0. The molecule has 0 fully saturated rings. The first-order chi connectivity index (χ1) is 16.6. The first-order valence-corrected chi connectivity index (χ1v) is 9.83. The van der Waals surface area contributed by atoms with Gasteiger partial charge in [0.25, 0.3) is 0 Å². The van der Waals surface area contributed by atoms with E-state index < -0.39 is 0 Å². The fourth-order valence-electron chi connectivity index (χ4n) is 3.38. The molecule has 0 spiro atoms. The van der Waals surface area contributed by atoms with Crippen molar-refractivity contribution in [1.29, 1.82) is 31.7 Å². The van der Waals surface area contributed by atoms with Gasteiger partial charge >= 0.3 is 0 Å². The molecule has 1 N–H and O–H groups in total. The van der Waals surface area contributed by atoms with Gasteiger partial charge in [-0.3, -0.25) is 5.41 Å². The highest BCUT2D eigenvalue weighted by molar-refractivity contribution is 5.96. The predicted molar refractivity (Wildman–Crippen MR) is 125 cm³/mol. The summed E-state index contributed by atoms with van der Waals surface area (Å²) in [5.41, 5.74) is 3.67. The van der Waals surface area contributed by atoms with Gasteiger partial charge < -0.3 is 0 Å². The second kappa shape index (κ2) is 10.5. The van der Waals surface area contributed by atoms with Gasteiger partial charge in [0, 0.05) is 40.6 Å². The van der Waals surface area contributed by atoms with Crippen molar-refractivity contribution in [2.24, 2.45) is 0 Å². The van der Waals surface area contributed by atoms with Crippen molar-refractivity contribution >= 4 is 22.6 Å². The minimum Gasteiger partial charge on any atom is -0.258 e. The van der Waals surface area contributed by atoms with Gasteiger partial charge in [-0.15, -0.1) is 0 Å². The Morgan fingerprint density at radius 1 is 0.588 bits per heavy atom. The highest BCUT2D eigenvalue weighted by atomic mass is 14.3. The van der Waals surface area contributed by atoms with Gasteiger partial charge in [-0.05, 0) is 22.2 Å². The van der Waals surface area contributed by atoms with Gasteiger partial charge in [0.2, 0.25) is 5.92 Å². The molecule has 0 amide bonds. The summed E-state index contributed by atoms with van der Waals surface area (Å²) in [5, 5.41) is 54.3. The lowest BCUT2D eigenvalue weighted by atomic mass is 9.92. The minimum absolute atomic E-state index is 0.0142. The van der Waals surface area contributed by atoms with Crippen LogP contribution >= 0.6 is 0 Å². The summed E-state index contributed by atoms with van der Waals surface area (Å²) < 4.78 is 0. The third-order valence-electron chi connectivity index (χ3n) is 5.07. The normalized spacial score (nSPS) is 9.03. The van der Waals surface area contributed by atoms with Crippen LogP contribution in [0.2, 0.25) is 0 Å². The number of hydrogen-bond donors (Lipinski definition) is 1. The molecule has 0 aliphatic rings. The molecule has 3 aromatic carbocycles. The van der Waals surface area contributed by atoms with Crippen molar-refractivity contribution in [1.82, 2.24) is 0 Å². The molecular formula is C28H13N6+. The number of benzene rings is 3. The van der Waals surface area contributed by atoms with Crippen LogP contribution in [0.3, 0.4) is 0 Å². The molecule has 6 heteroatoms. The topological polar surface area (TPSA) is 143 Å². The number of nitrogens with zero attached hydrogens (tertiary/aromatic N) is 5. The summed E-state index contributed by atoms with van der Waals surface area (Å²) in [7, 11) is 0. The summed E-state index contributed by atoms with van der Waals surface area (Å²) in [6.07, 6.45) is 0. The molecule has 3 aromatic rings. The van der Waals surface area contributed by atoms with Crippen LogP contribution in [0.5, 0.6) is 0 Å². The van der Waals surface area contributed by atoms with E-state index in [4.69, 9.17) is 31.7 Å². The van der Waals surface area contributed by atoms with E-state index in [0.29, 0.717) is 16.3 Å². The SMILES string of the molecule is N#CC(=C=N)c1ccc(C(c2ccc([C+](C#N)C#N)cc2)=c2ccc(=C(C#N)C#N)cc2)cc1. The zero-order valence-electron chi connectivity index (χ0n) is 17.7. The van der Waals surface area contributed by atoms with E-state index >= 15 is 0 Å². The number of hydrogen-bond acceptors (Lipinski definition) is 6. The molecule has 154 valence electrons. The van der Waals surface area contributed by atoms with Crippen LogP contribution in [0, 0.1) is 68.0 Å². The Kier molecular flexibility index (Phi) is 7.03. The number of nitrogens with one attached hydrogen (secondary N) is 1. The van der Waals surface area contributed by atoms with E-state index in [1.54, 1.807) is 36.4 Å². The first-order valence-electron chi connectivity index (χ1n) is 9.83. The molecule has 0 saturated carbocycles. The van der Waals surface area contributed by atoms with Crippen LogP contribution in [0.4, 0.5) is 0 Å². The number of rotatable bonds is 4. The van der Waals surface area contributed by atoms with E-state index in [1.165, 1.54) is 0 Å². The molecule has 0 atom stereocenters. The van der Waals surface area contributed by atoms with Crippen LogP contribution in [-0.4, -0.2) is 5.87 Å². The fourth-order valence-corrected chi connectivity index (χ4v) is 3.38. The zero-order chi connectivity index (χ0) is 24.5. The Hall–Kier alpha value is -5.83. The third-order valence-corrected chi connectivity index (χ3v) is 5.07. The van der Waals surface area contributed by atoms with E-state index in [1.807, 2.05) is 66.7 Å². The van der Waals surface area contributed by atoms with E-state index in [-0.39, 0.29) is 17.1 Å². The quantitative estimate of drug-likeness (QED) is 0.382. The molecule has 0 aliphatic carbocycles. The Morgan fingerprint density at radius 2 is 1.06 bits per heavy atom. The second-order valence-corrected chi connectivity index (χ2v) is 6.92. The van der Waals surface area contributed by atoms with Gasteiger partial charge in [-0.2, -0.15) is 26.3 Å². The average molecular weight is 433 g/mol. The summed E-state index contributed by atoms with van der Waals surface area (Å²) in [6.45, 7) is 0. The highest BCUT2D eigenvalue weighted by Crippen LogP contribution is 2.24. The molecule has 0 unspecified atom stereocenters. The number of allylic oxidation sites excluding steroid dienone is 1. The van der Waals surface area contributed by atoms with Crippen molar-refractivity contribution < 1.29 is 0 Å². The molecule has 0 bridgehead atoms. The van der Waals surface area contributed by atoms with Gasteiger partial charge in [0.1, 0.15) is 29.4 Å². The second-order valence-electron chi connectivity index (χ2n) is 6.92. The van der Waals surface area contributed by atoms with Crippen LogP contribution in [0.1, 0.15) is 22.3 Å². The van der Waals surface area contributed by atoms with Crippen molar-refractivity contribution in [2.45, 2.75) is 0 Å². The predicted octanol–water partition coefficient (Wildman–Crippen LogP) is 3.26. The van der Waals surface area contributed by atoms with E-state index in [9.17, 15) is 0 Å². The van der Waals surface area contributed by atoms with Crippen molar-refractivity contribution in [3.63, 3.8) is 0 Å². The Labute approximate surface area is 196 Å². The summed E-state index contributed by atoms with van der Waals surface area (Å²) >= 11 is 0. The van der Waals surface area contributed by atoms with Gasteiger partial charge in [0.15, 0.2) is 17.7 Å². The molecule has 34 heavy (non-hydrogen) atoms. The lowest BCUT2D eigenvalue weighted by Gasteiger charge is -2.09. The summed E-state index contributed by atoms with van der Waals surface area (Å²) in [6, 6.07) is 30.6. The zero-order valence-corrected chi connectivity index (χ0v) is 17.7. The monoisotopic (exact) mass is 433 g/mol. The molecular weight excluding hydrogens is 420 g/mol. The van der Waals surface area contributed by atoms with Crippen LogP contribution in [0.25, 0.3) is 16.7 Å². The van der Waals surface area contributed by atoms with Gasteiger partial charge in [0.05, 0.1) is 0 Å². The van der Waals surface area contributed by atoms with E-state index in [2.05, 4.69) is 5.87 Å². The van der Waals surface area contributed by atoms with Crippen LogP contribution in [-0.2, 0) is 0 Å². The number of nitriles is 5. The lowest BCUT2D eigenvalue weighted by molar-refractivity contribution is 1.32. The van der Waals surface area contributed by atoms with E-state index in [0.717, 1.165) is 21.9 Å². The standard InChI is InChI=1S/C28H13N6/c29-13-25(14-30)19-1-7-22(8-2-19)28(23-9-3-20(4-10-23)26(15-31)16-32)24-11-5-21(6-12-24)27(17-33)18-34/h1-12,29H/q+1. The average Bonchev–Trinajstić information content (AvgIpc) is 2.89. The molecule has 0 aromatic heterocycles. The van der Waals surface area contributed by atoms with Crippen molar-refractivity contribution in [2.75, 3.05) is 0 Å². The van der Waals surface area contributed by atoms with Gasteiger partial charge in [-0.1, -0.05) is 48.5 Å². The minimum atomic E-state index is 0.0142. The Bertz CT molecular complexity index is 1580. The Balaban J connectivity index is 2.26. The Morgan fingerprint density at radius 3 is 1.50 bits per heavy atom. The lowest BCUT2D eigenvalue weighted by Crippen LogP contribution is -2.13. The first kappa shape index (κ1) is 22.8. The van der Waals surface area contributed by atoms with Crippen molar-refractivity contribution in [3.8, 4) is 30.3 Å². The maximum Gasteiger partial charge on any atom is 0.242 e. The molecule has 0 aliphatic heterocycles. The maximum atomic E-state index is 9.17. The molecule has 0 saturated heterocycles. The molecule has 6 nitrogen and oxygen atoms in total. The summed E-state index contributed by atoms with van der Waals surface area (Å²) in [4.78, 5) is 0. The molecule has 0 radical (unpaired) electrons. The molecule has 3 rings (SSSR count). The summed E-state index contributed by atoms with van der Waals surface area (Å²) in [5.74, 6) is 2.14. The smallest absolute Gasteiger partial charge is 0.242 e.